The molecule has 1 aliphatic rings. The van der Waals surface area contributed by atoms with Crippen molar-refractivity contribution in [3.8, 4) is 0 Å². The summed E-state index contributed by atoms with van der Waals surface area (Å²) in [5.41, 5.74) is 3.44. The number of halogens is 1. The van der Waals surface area contributed by atoms with Gasteiger partial charge in [0, 0.05) is 14.2 Å². The smallest absolute Gasteiger partial charge is 0.0933 e. The molecular formula is C13H23ClN4O2. The molecule has 1 heterocycles. The predicted molar refractivity (Wildman–Crippen MR) is 77.4 cm³/mol. The third-order valence-corrected chi connectivity index (χ3v) is 4.45. The molecule has 114 valence electrons. The number of hydrogen-bond acceptors (Lipinski definition) is 5. The van der Waals surface area contributed by atoms with Gasteiger partial charge in [-0.1, -0.05) is 24.4 Å². The van der Waals surface area contributed by atoms with Gasteiger partial charge in [-0.05, 0) is 12.8 Å². The number of nitrogens with zero attached hydrogens (tertiary/aromatic N) is 2. The Labute approximate surface area is 124 Å². The van der Waals surface area contributed by atoms with Crippen molar-refractivity contribution in [1.82, 2.24) is 15.2 Å². The van der Waals surface area contributed by atoms with Crippen LogP contribution >= 0.6 is 11.6 Å². The second-order valence-corrected chi connectivity index (χ2v) is 5.58. The van der Waals surface area contributed by atoms with Crippen molar-refractivity contribution < 1.29 is 9.47 Å². The van der Waals surface area contributed by atoms with Crippen LogP contribution in [0.4, 0.5) is 0 Å². The Morgan fingerprint density at radius 2 is 2.20 bits per heavy atom. The molecule has 1 fully saturated rings. The highest BCUT2D eigenvalue weighted by molar-refractivity contribution is 6.31. The van der Waals surface area contributed by atoms with Gasteiger partial charge >= 0.3 is 0 Å². The summed E-state index contributed by atoms with van der Waals surface area (Å²) in [5, 5.41) is 4.92. The van der Waals surface area contributed by atoms with E-state index in [1.54, 1.807) is 20.4 Å². The molecule has 1 aliphatic carbocycles. The molecule has 6 nitrogen and oxygen atoms in total. The quantitative estimate of drug-likeness (QED) is 0.592. The molecule has 20 heavy (non-hydrogen) atoms. The summed E-state index contributed by atoms with van der Waals surface area (Å²) in [4.78, 5) is 0. The van der Waals surface area contributed by atoms with Gasteiger partial charge in [0.1, 0.15) is 0 Å². The van der Waals surface area contributed by atoms with Crippen LogP contribution in [-0.4, -0.2) is 36.2 Å². The lowest BCUT2D eigenvalue weighted by molar-refractivity contribution is -0.0392. The molecule has 0 aliphatic heterocycles. The van der Waals surface area contributed by atoms with Gasteiger partial charge in [-0.3, -0.25) is 10.5 Å². The monoisotopic (exact) mass is 302 g/mol. The van der Waals surface area contributed by atoms with Gasteiger partial charge in [-0.15, -0.1) is 0 Å². The van der Waals surface area contributed by atoms with Gasteiger partial charge in [-0.2, -0.15) is 5.10 Å². The Balaban J connectivity index is 2.33. The van der Waals surface area contributed by atoms with Crippen LogP contribution < -0.4 is 11.3 Å². The number of hydrazine groups is 1. The summed E-state index contributed by atoms with van der Waals surface area (Å²) in [6.45, 7) is 1.21. The van der Waals surface area contributed by atoms with Crippen molar-refractivity contribution in [1.29, 1.82) is 0 Å². The summed E-state index contributed by atoms with van der Waals surface area (Å²) < 4.78 is 12.8. The second kappa shape index (κ2) is 6.87. The fourth-order valence-electron chi connectivity index (χ4n) is 3.08. The normalized spacial score (nSPS) is 19.4. The number of methoxy groups -OCH3 is 2. The molecule has 0 bridgehead atoms. The van der Waals surface area contributed by atoms with E-state index in [4.69, 9.17) is 26.9 Å². The van der Waals surface area contributed by atoms with E-state index in [0.29, 0.717) is 18.2 Å². The third kappa shape index (κ3) is 2.84. The first-order valence-corrected chi connectivity index (χ1v) is 7.27. The maximum Gasteiger partial charge on any atom is 0.0933 e. The van der Waals surface area contributed by atoms with E-state index < -0.39 is 0 Å². The number of rotatable bonds is 7. The van der Waals surface area contributed by atoms with Crippen LogP contribution in [0.5, 0.6) is 0 Å². The van der Waals surface area contributed by atoms with Crippen LogP contribution in [0.15, 0.2) is 6.20 Å². The highest BCUT2D eigenvalue weighted by Crippen LogP contribution is 2.43. The van der Waals surface area contributed by atoms with Crippen molar-refractivity contribution >= 4 is 11.6 Å². The Bertz CT molecular complexity index is 432. The largest absolute Gasteiger partial charge is 0.383 e. The highest BCUT2D eigenvalue weighted by Gasteiger charge is 2.44. The minimum atomic E-state index is -0.316. The fraction of sp³-hybridized carbons (Fsp3) is 0.769. The number of nitrogens with one attached hydrogen (secondary N) is 1. The second-order valence-electron chi connectivity index (χ2n) is 5.17. The van der Waals surface area contributed by atoms with Crippen LogP contribution in [0.2, 0.25) is 5.02 Å². The molecular weight excluding hydrogens is 280 g/mol. The zero-order valence-electron chi connectivity index (χ0n) is 12.1. The zero-order chi connectivity index (χ0) is 14.6. The van der Waals surface area contributed by atoms with E-state index in [1.165, 1.54) is 0 Å². The first-order chi connectivity index (χ1) is 9.68. The molecule has 1 aromatic rings. The molecule has 1 atom stereocenters. The van der Waals surface area contributed by atoms with Crippen molar-refractivity contribution in [2.75, 3.05) is 20.8 Å². The maximum atomic E-state index is 6.32. The highest BCUT2D eigenvalue weighted by atomic mass is 35.5. The molecule has 0 saturated heterocycles. The number of ether oxygens (including phenoxy) is 2. The van der Waals surface area contributed by atoms with Crippen molar-refractivity contribution in [3.05, 3.63) is 16.9 Å². The average molecular weight is 303 g/mol. The van der Waals surface area contributed by atoms with E-state index in [2.05, 4.69) is 10.5 Å². The average Bonchev–Trinajstić information content (AvgIpc) is 3.07. The first-order valence-electron chi connectivity index (χ1n) is 6.90. The lowest BCUT2D eigenvalue weighted by Gasteiger charge is -2.36. The standard InChI is InChI=1S/C13H23ClN4O2/c1-19-8-7-18-11(10(14)9-16-18)12(17-15)13(20-2)5-3-4-6-13/h9,12,17H,3-8,15H2,1-2H3. The first kappa shape index (κ1) is 15.7. The third-order valence-electron chi connectivity index (χ3n) is 4.16. The van der Waals surface area contributed by atoms with Gasteiger partial charge in [0.25, 0.3) is 0 Å². The molecule has 2 rings (SSSR count). The van der Waals surface area contributed by atoms with Gasteiger partial charge in [0.15, 0.2) is 0 Å². The fourth-order valence-corrected chi connectivity index (χ4v) is 3.33. The van der Waals surface area contributed by atoms with E-state index in [0.717, 1.165) is 31.4 Å². The van der Waals surface area contributed by atoms with Crippen molar-refractivity contribution in [3.63, 3.8) is 0 Å². The number of nitrogens with two attached hydrogens (primary N) is 1. The summed E-state index contributed by atoms with van der Waals surface area (Å²) in [6.07, 6.45) is 5.84. The van der Waals surface area contributed by atoms with Gasteiger partial charge < -0.3 is 9.47 Å². The molecule has 7 heteroatoms. The Morgan fingerprint density at radius 1 is 1.50 bits per heavy atom. The molecule has 0 radical (unpaired) electrons. The Morgan fingerprint density at radius 3 is 2.75 bits per heavy atom. The lowest BCUT2D eigenvalue weighted by Crippen LogP contribution is -2.47. The molecule has 1 unspecified atom stereocenters. The summed E-state index contributed by atoms with van der Waals surface area (Å²) in [5.74, 6) is 5.81. The Kier molecular flexibility index (Phi) is 5.40. The van der Waals surface area contributed by atoms with Gasteiger partial charge in [0.05, 0.1) is 41.7 Å². The van der Waals surface area contributed by atoms with Gasteiger partial charge in [0.2, 0.25) is 0 Å². The lowest BCUT2D eigenvalue weighted by atomic mass is 9.90. The van der Waals surface area contributed by atoms with Crippen LogP contribution in [-0.2, 0) is 16.0 Å². The van der Waals surface area contributed by atoms with Crippen LogP contribution in [0.3, 0.4) is 0 Å². The van der Waals surface area contributed by atoms with Crippen LogP contribution in [0, 0.1) is 0 Å². The molecule has 0 spiro atoms. The number of aromatic nitrogens is 2. The summed E-state index contributed by atoms with van der Waals surface area (Å²) in [7, 11) is 3.40. The van der Waals surface area contributed by atoms with E-state index >= 15 is 0 Å². The molecule has 1 aromatic heterocycles. The summed E-state index contributed by atoms with van der Waals surface area (Å²) in [6, 6.07) is -0.179. The number of hydrogen-bond donors (Lipinski definition) is 2. The molecule has 0 aromatic carbocycles. The molecule has 3 N–H and O–H groups in total. The molecule has 1 saturated carbocycles. The topological polar surface area (TPSA) is 74.3 Å². The Hall–Kier alpha value is -0.660. The van der Waals surface area contributed by atoms with E-state index in [9.17, 15) is 0 Å². The minimum absolute atomic E-state index is 0.179. The van der Waals surface area contributed by atoms with E-state index in [1.807, 2.05) is 4.68 Å². The maximum absolute atomic E-state index is 6.32. The SMILES string of the molecule is COCCn1ncc(Cl)c1C(NN)C1(OC)CCCC1. The predicted octanol–water partition coefficient (Wildman–Crippen LogP) is 1.65. The van der Waals surface area contributed by atoms with Crippen molar-refractivity contribution in [2.45, 2.75) is 43.9 Å². The van der Waals surface area contributed by atoms with Gasteiger partial charge in [-0.25, -0.2) is 5.43 Å². The van der Waals surface area contributed by atoms with E-state index in [-0.39, 0.29) is 11.6 Å². The summed E-state index contributed by atoms with van der Waals surface area (Å²) >= 11 is 6.32. The van der Waals surface area contributed by atoms with Crippen LogP contribution in [0.1, 0.15) is 37.4 Å². The molecule has 0 amide bonds. The van der Waals surface area contributed by atoms with Crippen molar-refractivity contribution in [2.24, 2.45) is 5.84 Å². The zero-order valence-corrected chi connectivity index (χ0v) is 12.8. The minimum Gasteiger partial charge on any atom is -0.383 e. The van der Waals surface area contributed by atoms with Crippen LogP contribution in [0.25, 0.3) is 0 Å².